The first-order valence-electron chi connectivity index (χ1n) is 10.5. The molecule has 3 N–H and O–H groups in total. The van der Waals surface area contributed by atoms with Crippen molar-refractivity contribution in [1.82, 2.24) is 16.0 Å². The number of carbonyl (C=O) groups excluding carboxylic acids is 2. The maximum Gasteiger partial charge on any atom is 0.315 e. The fraction of sp³-hybridized carbons (Fsp3) is 0.800. The zero-order valence-electron chi connectivity index (χ0n) is 17.2. The van der Waals surface area contributed by atoms with Crippen molar-refractivity contribution >= 4 is 23.7 Å². The van der Waals surface area contributed by atoms with Gasteiger partial charge in [-0.1, -0.05) is 12.5 Å². The summed E-state index contributed by atoms with van der Waals surface area (Å²) in [5.74, 6) is 1.04. The van der Waals surface area contributed by atoms with E-state index in [1.54, 1.807) is 0 Å². The molecule has 0 aromatic carbocycles. The second-order valence-electron chi connectivity index (χ2n) is 7.13. The number of amides is 3. The Morgan fingerprint density at radius 1 is 1.10 bits per heavy atom. The predicted octanol–water partition coefficient (Wildman–Crippen LogP) is 1.45. The molecule has 0 aliphatic carbocycles. The first-order chi connectivity index (χ1) is 14.2. The van der Waals surface area contributed by atoms with Gasteiger partial charge in [0.2, 0.25) is 5.91 Å². The lowest BCUT2D eigenvalue weighted by Gasteiger charge is -2.16. The highest BCUT2D eigenvalue weighted by Crippen LogP contribution is 2.33. The van der Waals surface area contributed by atoms with E-state index < -0.39 is 0 Å². The van der Waals surface area contributed by atoms with Crippen LogP contribution in [0.15, 0.2) is 12.7 Å². The molecule has 9 heteroatoms. The molecule has 8 nitrogen and oxygen atoms in total. The Morgan fingerprint density at radius 2 is 1.83 bits per heavy atom. The van der Waals surface area contributed by atoms with Gasteiger partial charge < -0.3 is 30.2 Å². The SMILES string of the molecule is C=CCCOCCOCCOCCNC(=O)CCCCC1SCC2NC(=O)NC21. The van der Waals surface area contributed by atoms with Gasteiger partial charge in [-0.2, -0.15) is 11.8 Å². The Balaban J connectivity index is 1.33. The molecule has 0 aromatic rings. The molecule has 2 rings (SSSR count). The molecule has 2 saturated heterocycles. The molecule has 166 valence electrons. The molecule has 2 heterocycles. The van der Waals surface area contributed by atoms with Crippen molar-refractivity contribution in [3.05, 3.63) is 12.7 Å². The highest BCUT2D eigenvalue weighted by Gasteiger charge is 2.42. The second kappa shape index (κ2) is 14.7. The highest BCUT2D eigenvalue weighted by molar-refractivity contribution is 8.00. The Hall–Kier alpha value is -1.29. The summed E-state index contributed by atoms with van der Waals surface area (Å²) in [6.07, 6.45) is 6.11. The first-order valence-corrected chi connectivity index (χ1v) is 11.5. The average molecular weight is 430 g/mol. The molecule has 0 spiro atoms. The summed E-state index contributed by atoms with van der Waals surface area (Å²) >= 11 is 1.91. The normalized spacial score (nSPS) is 22.8. The van der Waals surface area contributed by atoms with Gasteiger partial charge in [-0.3, -0.25) is 4.79 Å². The van der Waals surface area contributed by atoms with Gasteiger partial charge in [-0.15, -0.1) is 6.58 Å². The van der Waals surface area contributed by atoms with Crippen LogP contribution in [-0.4, -0.2) is 81.2 Å². The molecule has 3 unspecified atom stereocenters. The third-order valence-electron chi connectivity index (χ3n) is 4.86. The number of urea groups is 1. The Kier molecular flexibility index (Phi) is 12.1. The van der Waals surface area contributed by atoms with Crippen LogP contribution in [0, 0.1) is 0 Å². The summed E-state index contributed by atoms with van der Waals surface area (Å²) in [5, 5.41) is 9.28. The zero-order chi connectivity index (χ0) is 20.7. The smallest absolute Gasteiger partial charge is 0.315 e. The third-order valence-corrected chi connectivity index (χ3v) is 6.37. The van der Waals surface area contributed by atoms with E-state index in [0.29, 0.717) is 57.9 Å². The number of fused-ring (bicyclic) bond motifs is 1. The lowest BCUT2D eigenvalue weighted by molar-refractivity contribution is -0.121. The van der Waals surface area contributed by atoms with Crippen molar-refractivity contribution in [2.75, 3.05) is 51.9 Å². The first kappa shape index (κ1) is 24.0. The lowest BCUT2D eigenvalue weighted by Crippen LogP contribution is -2.36. The standard InChI is InChI=1S/C20H35N3O5S/c1-2-3-9-26-11-13-28-14-12-27-10-8-21-18(24)7-5-4-6-17-19-16(15-29-17)22-20(25)23-19/h2,16-17,19H,1,3-15H2,(H,21,24)(H2,22,23,25). The van der Waals surface area contributed by atoms with Gasteiger partial charge >= 0.3 is 6.03 Å². The molecule has 2 fully saturated rings. The number of thioether (sulfide) groups is 1. The summed E-state index contributed by atoms with van der Waals surface area (Å²) in [4.78, 5) is 23.2. The van der Waals surface area contributed by atoms with Gasteiger partial charge in [0.05, 0.1) is 51.7 Å². The number of carbonyl (C=O) groups is 2. The van der Waals surface area contributed by atoms with Crippen LogP contribution >= 0.6 is 11.8 Å². The minimum absolute atomic E-state index is 0.0493. The van der Waals surface area contributed by atoms with Crippen LogP contribution in [-0.2, 0) is 19.0 Å². The minimum Gasteiger partial charge on any atom is -0.379 e. The molecule has 0 saturated carbocycles. The van der Waals surface area contributed by atoms with E-state index in [2.05, 4.69) is 22.5 Å². The van der Waals surface area contributed by atoms with E-state index in [1.807, 2.05) is 17.8 Å². The quantitative estimate of drug-likeness (QED) is 0.184. The summed E-state index contributed by atoms with van der Waals surface area (Å²) < 4.78 is 16.2. The largest absolute Gasteiger partial charge is 0.379 e. The molecular formula is C20H35N3O5S. The van der Waals surface area contributed by atoms with Gasteiger partial charge in [-0.25, -0.2) is 4.79 Å². The van der Waals surface area contributed by atoms with Crippen LogP contribution in [0.4, 0.5) is 4.79 Å². The maximum absolute atomic E-state index is 11.9. The molecule has 3 atom stereocenters. The maximum atomic E-state index is 11.9. The van der Waals surface area contributed by atoms with Crippen LogP contribution in [0.1, 0.15) is 32.1 Å². The Morgan fingerprint density at radius 3 is 2.59 bits per heavy atom. The van der Waals surface area contributed by atoms with E-state index in [0.717, 1.165) is 31.4 Å². The van der Waals surface area contributed by atoms with E-state index in [9.17, 15) is 9.59 Å². The summed E-state index contributed by atoms with van der Waals surface area (Å²) in [6, 6.07) is 0.459. The van der Waals surface area contributed by atoms with E-state index in [4.69, 9.17) is 14.2 Å². The topological polar surface area (TPSA) is 97.9 Å². The van der Waals surface area contributed by atoms with Crippen molar-refractivity contribution in [2.24, 2.45) is 0 Å². The summed E-state index contributed by atoms with van der Waals surface area (Å²) in [6.45, 7) is 7.48. The predicted molar refractivity (Wildman–Crippen MR) is 114 cm³/mol. The fourth-order valence-corrected chi connectivity index (χ4v) is 4.88. The van der Waals surface area contributed by atoms with Gasteiger partial charge in [0.15, 0.2) is 0 Å². The number of hydrogen-bond acceptors (Lipinski definition) is 6. The monoisotopic (exact) mass is 429 g/mol. The van der Waals surface area contributed by atoms with Crippen molar-refractivity contribution in [2.45, 2.75) is 49.4 Å². The molecule has 0 aromatic heterocycles. The van der Waals surface area contributed by atoms with Gasteiger partial charge in [-0.05, 0) is 19.3 Å². The highest BCUT2D eigenvalue weighted by atomic mass is 32.2. The number of unbranched alkanes of at least 4 members (excludes halogenated alkanes) is 1. The van der Waals surface area contributed by atoms with Crippen molar-refractivity contribution in [3.8, 4) is 0 Å². The number of hydrogen-bond donors (Lipinski definition) is 3. The van der Waals surface area contributed by atoms with Crippen LogP contribution in [0.25, 0.3) is 0 Å². The summed E-state index contributed by atoms with van der Waals surface area (Å²) in [5.41, 5.74) is 0. The molecule has 3 amide bonds. The van der Waals surface area contributed by atoms with Gasteiger partial charge in [0.25, 0.3) is 0 Å². The zero-order valence-corrected chi connectivity index (χ0v) is 18.0. The van der Waals surface area contributed by atoms with Gasteiger partial charge in [0, 0.05) is 24.0 Å². The van der Waals surface area contributed by atoms with E-state index in [1.165, 1.54) is 0 Å². The van der Waals surface area contributed by atoms with Crippen LogP contribution in [0.2, 0.25) is 0 Å². The van der Waals surface area contributed by atoms with E-state index in [-0.39, 0.29) is 24.0 Å². The minimum atomic E-state index is -0.0493. The van der Waals surface area contributed by atoms with Gasteiger partial charge in [0.1, 0.15) is 0 Å². The van der Waals surface area contributed by atoms with Crippen molar-refractivity contribution in [1.29, 1.82) is 0 Å². The Labute approximate surface area is 177 Å². The fourth-order valence-electron chi connectivity index (χ4n) is 3.33. The lowest BCUT2D eigenvalue weighted by atomic mass is 10.0. The molecule has 29 heavy (non-hydrogen) atoms. The van der Waals surface area contributed by atoms with Crippen LogP contribution < -0.4 is 16.0 Å². The summed E-state index contributed by atoms with van der Waals surface area (Å²) in [7, 11) is 0. The molecule has 2 aliphatic rings. The average Bonchev–Trinajstić information content (AvgIpc) is 3.25. The van der Waals surface area contributed by atoms with Crippen LogP contribution in [0.3, 0.4) is 0 Å². The second-order valence-corrected chi connectivity index (χ2v) is 8.40. The number of nitrogens with one attached hydrogen (secondary N) is 3. The molecule has 0 radical (unpaired) electrons. The molecular weight excluding hydrogens is 394 g/mol. The van der Waals surface area contributed by atoms with Crippen LogP contribution in [0.5, 0.6) is 0 Å². The molecule has 2 aliphatic heterocycles. The number of rotatable bonds is 17. The number of ether oxygens (including phenoxy) is 3. The third kappa shape index (κ3) is 9.84. The van der Waals surface area contributed by atoms with Crippen molar-refractivity contribution in [3.63, 3.8) is 0 Å². The Bertz CT molecular complexity index is 509. The van der Waals surface area contributed by atoms with E-state index >= 15 is 0 Å². The van der Waals surface area contributed by atoms with Crippen molar-refractivity contribution < 1.29 is 23.8 Å². The molecule has 0 bridgehead atoms.